The molecule has 4 heteroatoms. The number of imidazole rings is 1. The van der Waals surface area contributed by atoms with Crippen molar-refractivity contribution in [1.82, 2.24) is 14.4 Å². The van der Waals surface area contributed by atoms with Crippen molar-refractivity contribution in [2.75, 3.05) is 0 Å². The molecule has 0 aliphatic heterocycles. The first-order chi connectivity index (χ1) is 11.8. The molecule has 0 aliphatic rings. The second-order valence-electron chi connectivity index (χ2n) is 5.73. The van der Waals surface area contributed by atoms with Gasteiger partial charge in [0.1, 0.15) is 11.2 Å². The van der Waals surface area contributed by atoms with Crippen LogP contribution >= 0.6 is 15.9 Å². The Morgan fingerprint density at radius 3 is 2.62 bits per heavy atom. The fourth-order valence-corrected chi connectivity index (χ4v) is 3.59. The molecule has 0 amide bonds. The highest BCUT2D eigenvalue weighted by Gasteiger charge is 2.15. The van der Waals surface area contributed by atoms with E-state index in [0.717, 1.165) is 43.3 Å². The fraction of sp³-hybridized carbons (Fsp3) is 0. The molecule has 5 rings (SSSR count). The van der Waals surface area contributed by atoms with E-state index in [1.165, 1.54) is 0 Å². The largest absolute Gasteiger partial charge is 0.298 e. The maximum absolute atomic E-state index is 4.96. The molecule has 0 N–H and O–H groups in total. The number of para-hydroxylation sites is 1. The number of hydrogen-bond acceptors (Lipinski definition) is 2. The minimum absolute atomic E-state index is 0.932. The lowest BCUT2D eigenvalue weighted by Gasteiger charge is -2.07. The normalized spacial score (nSPS) is 11.5. The number of halogens is 1. The van der Waals surface area contributed by atoms with Crippen LogP contribution in [0.25, 0.3) is 38.8 Å². The lowest BCUT2D eigenvalue weighted by molar-refractivity contribution is 1.22. The van der Waals surface area contributed by atoms with Gasteiger partial charge < -0.3 is 0 Å². The number of fused-ring (bicyclic) bond motifs is 5. The molecule has 2 aromatic carbocycles. The van der Waals surface area contributed by atoms with E-state index >= 15 is 0 Å². The maximum atomic E-state index is 4.96. The van der Waals surface area contributed by atoms with Gasteiger partial charge in [0.2, 0.25) is 0 Å². The summed E-state index contributed by atoms with van der Waals surface area (Å²) in [6, 6.07) is 22.5. The Morgan fingerprint density at radius 1 is 0.833 bits per heavy atom. The van der Waals surface area contributed by atoms with Crippen molar-refractivity contribution in [3.63, 3.8) is 0 Å². The van der Waals surface area contributed by atoms with E-state index in [1.54, 1.807) is 0 Å². The minimum Gasteiger partial charge on any atom is -0.298 e. The first-order valence-corrected chi connectivity index (χ1v) is 8.52. The number of hydrogen-bond donors (Lipinski definition) is 0. The Bertz CT molecular complexity index is 1220. The Hall–Kier alpha value is -2.72. The zero-order valence-electron chi connectivity index (χ0n) is 12.6. The van der Waals surface area contributed by atoms with Crippen LogP contribution in [0.15, 0.2) is 77.4 Å². The van der Waals surface area contributed by atoms with Gasteiger partial charge in [-0.3, -0.25) is 4.40 Å². The van der Waals surface area contributed by atoms with Crippen molar-refractivity contribution in [2.45, 2.75) is 0 Å². The monoisotopic (exact) mass is 373 g/mol. The highest BCUT2D eigenvalue weighted by Crippen LogP contribution is 2.33. The van der Waals surface area contributed by atoms with Gasteiger partial charge in [0.15, 0.2) is 0 Å². The molecule has 5 aromatic rings. The third-order valence-electron chi connectivity index (χ3n) is 4.24. The number of pyridine rings is 2. The molecular formula is C20H12BrN3. The van der Waals surface area contributed by atoms with Crippen LogP contribution in [0.5, 0.6) is 0 Å². The Labute approximate surface area is 146 Å². The molecule has 114 valence electrons. The summed E-state index contributed by atoms with van der Waals surface area (Å²) in [6.07, 6.45) is 2.04. The maximum Gasteiger partial charge on any atom is 0.137 e. The SMILES string of the molecule is Brc1cccc(-c2nc3ccccc3c3nc4ccccn4c23)c1. The van der Waals surface area contributed by atoms with Crippen LogP contribution < -0.4 is 0 Å². The quantitative estimate of drug-likeness (QED) is 0.390. The summed E-state index contributed by atoms with van der Waals surface area (Å²) in [7, 11) is 0. The van der Waals surface area contributed by atoms with E-state index in [4.69, 9.17) is 9.97 Å². The predicted octanol–water partition coefficient (Wildman–Crippen LogP) is 5.47. The molecule has 24 heavy (non-hydrogen) atoms. The fourth-order valence-electron chi connectivity index (χ4n) is 3.19. The average Bonchev–Trinajstić information content (AvgIpc) is 3.01. The molecule has 0 spiro atoms. The van der Waals surface area contributed by atoms with Crippen LogP contribution in [0.4, 0.5) is 0 Å². The number of nitrogens with zero attached hydrogens (tertiary/aromatic N) is 3. The second-order valence-corrected chi connectivity index (χ2v) is 6.64. The van der Waals surface area contributed by atoms with Gasteiger partial charge in [-0.15, -0.1) is 0 Å². The molecule has 3 aromatic heterocycles. The topological polar surface area (TPSA) is 30.2 Å². The summed E-state index contributed by atoms with van der Waals surface area (Å²) in [6.45, 7) is 0. The summed E-state index contributed by atoms with van der Waals surface area (Å²) in [5.74, 6) is 0. The smallest absolute Gasteiger partial charge is 0.137 e. The van der Waals surface area contributed by atoms with E-state index in [0.29, 0.717) is 0 Å². The van der Waals surface area contributed by atoms with Crippen LogP contribution in [0.3, 0.4) is 0 Å². The second kappa shape index (κ2) is 5.14. The van der Waals surface area contributed by atoms with E-state index < -0.39 is 0 Å². The minimum atomic E-state index is 0.932. The summed E-state index contributed by atoms with van der Waals surface area (Å²) >= 11 is 3.56. The van der Waals surface area contributed by atoms with Crippen LogP contribution in [0, 0.1) is 0 Å². The van der Waals surface area contributed by atoms with Crippen molar-refractivity contribution in [2.24, 2.45) is 0 Å². The number of benzene rings is 2. The van der Waals surface area contributed by atoms with Gasteiger partial charge in [0.25, 0.3) is 0 Å². The Morgan fingerprint density at radius 2 is 1.71 bits per heavy atom. The molecule has 0 radical (unpaired) electrons. The van der Waals surface area contributed by atoms with Gasteiger partial charge >= 0.3 is 0 Å². The molecule has 0 bridgehead atoms. The molecule has 0 saturated heterocycles. The van der Waals surface area contributed by atoms with Gasteiger partial charge in [0, 0.05) is 21.6 Å². The van der Waals surface area contributed by atoms with Crippen molar-refractivity contribution < 1.29 is 0 Å². The summed E-state index contributed by atoms with van der Waals surface area (Å²) < 4.78 is 3.15. The molecule has 0 atom stereocenters. The summed E-state index contributed by atoms with van der Waals surface area (Å²) in [5, 5.41) is 1.08. The zero-order chi connectivity index (χ0) is 16.1. The third-order valence-corrected chi connectivity index (χ3v) is 4.74. The first-order valence-electron chi connectivity index (χ1n) is 7.73. The number of rotatable bonds is 1. The lowest BCUT2D eigenvalue weighted by Crippen LogP contribution is -1.91. The van der Waals surface area contributed by atoms with Gasteiger partial charge in [-0.1, -0.05) is 52.3 Å². The standard InChI is InChI=1S/C20H12BrN3/c21-14-7-5-6-13(12-14)18-20-19(15-8-1-2-9-16(15)22-18)23-17-10-3-4-11-24(17)20/h1-12H. The highest BCUT2D eigenvalue weighted by atomic mass is 79.9. The van der Waals surface area contributed by atoms with Crippen LogP contribution in [0.2, 0.25) is 0 Å². The van der Waals surface area contributed by atoms with Crippen molar-refractivity contribution in [3.05, 3.63) is 77.4 Å². The van der Waals surface area contributed by atoms with Gasteiger partial charge in [0.05, 0.1) is 16.7 Å². The molecular weight excluding hydrogens is 362 g/mol. The van der Waals surface area contributed by atoms with E-state index in [1.807, 2.05) is 54.7 Å². The Balaban J connectivity index is 2.04. The first kappa shape index (κ1) is 13.7. The van der Waals surface area contributed by atoms with Gasteiger partial charge in [-0.25, -0.2) is 9.97 Å². The van der Waals surface area contributed by atoms with E-state index in [-0.39, 0.29) is 0 Å². The molecule has 0 fully saturated rings. The zero-order valence-corrected chi connectivity index (χ0v) is 14.2. The highest BCUT2D eigenvalue weighted by molar-refractivity contribution is 9.10. The van der Waals surface area contributed by atoms with Crippen molar-refractivity contribution in [3.8, 4) is 11.3 Å². The van der Waals surface area contributed by atoms with Gasteiger partial charge in [-0.2, -0.15) is 0 Å². The molecule has 0 aliphatic carbocycles. The van der Waals surface area contributed by atoms with Crippen LogP contribution in [-0.2, 0) is 0 Å². The molecule has 0 saturated carbocycles. The molecule has 3 heterocycles. The molecule has 3 nitrogen and oxygen atoms in total. The summed E-state index contributed by atoms with van der Waals surface area (Å²) in [4.78, 5) is 9.82. The lowest BCUT2D eigenvalue weighted by atomic mass is 10.1. The number of aromatic nitrogens is 3. The summed E-state index contributed by atoms with van der Waals surface area (Å²) in [5.41, 5.74) is 5.95. The van der Waals surface area contributed by atoms with Crippen LogP contribution in [0.1, 0.15) is 0 Å². The van der Waals surface area contributed by atoms with Crippen molar-refractivity contribution >= 4 is 43.5 Å². The predicted molar refractivity (Wildman–Crippen MR) is 101 cm³/mol. The van der Waals surface area contributed by atoms with Gasteiger partial charge in [-0.05, 0) is 30.3 Å². The van der Waals surface area contributed by atoms with Crippen molar-refractivity contribution in [1.29, 1.82) is 0 Å². The molecule has 0 unspecified atom stereocenters. The Kier molecular flexibility index (Phi) is 2.94. The third kappa shape index (κ3) is 1.96. The van der Waals surface area contributed by atoms with E-state index in [2.05, 4.69) is 38.5 Å². The average molecular weight is 374 g/mol. The van der Waals surface area contributed by atoms with E-state index in [9.17, 15) is 0 Å². The van der Waals surface area contributed by atoms with Crippen LogP contribution in [-0.4, -0.2) is 14.4 Å².